The number of nitrogens with one attached hydrogen (secondary N) is 1. The van der Waals surface area contributed by atoms with Gasteiger partial charge in [-0.25, -0.2) is 0 Å². The molecule has 0 aliphatic heterocycles. The first-order valence-corrected chi connectivity index (χ1v) is 4.49. The maximum Gasteiger partial charge on any atom is 0.237 e. The molecule has 0 radical (unpaired) electrons. The van der Waals surface area contributed by atoms with Crippen LogP contribution >= 0.6 is 12.6 Å². The van der Waals surface area contributed by atoms with Gasteiger partial charge >= 0.3 is 0 Å². The van der Waals surface area contributed by atoms with E-state index in [9.17, 15) is 4.79 Å². The van der Waals surface area contributed by atoms with Crippen LogP contribution in [-0.4, -0.2) is 24.2 Å². The van der Waals surface area contributed by atoms with Crippen molar-refractivity contribution in [1.29, 1.82) is 0 Å². The summed E-state index contributed by atoms with van der Waals surface area (Å²) in [6.45, 7) is 2.79. The molecule has 11 heavy (non-hydrogen) atoms. The Bertz CT molecular complexity index is 119. The third-order valence-electron chi connectivity index (χ3n) is 1.36. The van der Waals surface area contributed by atoms with Crippen molar-refractivity contribution in [3.8, 4) is 0 Å². The van der Waals surface area contributed by atoms with Crippen LogP contribution in [0.15, 0.2) is 0 Å². The van der Waals surface area contributed by atoms with Gasteiger partial charge in [0.2, 0.25) is 5.91 Å². The van der Waals surface area contributed by atoms with Crippen LogP contribution in [0, 0.1) is 0 Å². The van der Waals surface area contributed by atoms with Crippen LogP contribution in [0.2, 0.25) is 0 Å². The molecule has 0 aliphatic rings. The van der Waals surface area contributed by atoms with E-state index in [0.29, 0.717) is 5.75 Å². The molecular weight excluding hydrogens is 162 g/mol. The standard InChI is InChI=1S/C7H16N2OS/c1-2-3-4-9-7(10)6(8)5-11/h6,11H,2-5,8H2,1H3,(H,9,10)/t6-/m0/s1/i7+1,9+1. The van der Waals surface area contributed by atoms with Crippen LogP contribution in [0.3, 0.4) is 0 Å². The fourth-order valence-corrected chi connectivity index (χ4v) is 0.768. The number of hydrogen-bond acceptors (Lipinski definition) is 3. The first kappa shape index (κ1) is 10.8. The molecule has 1 atom stereocenters. The first-order valence-electron chi connectivity index (χ1n) is 3.86. The lowest BCUT2D eigenvalue weighted by Gasteiger charge is -2.08. The van der Waals surface area contributed by atoms with Crippen molar-refractivity contribution in [3.63, 3.8) is 0 Å². The average molecular weight is 178 g/mol. The highest BCUT2D eigenvalue weighted by atomic mass is 32.1. The van der Waals surface area contributed by atoms with Gasteiger partial charge in [-0.05, 0) is 6.42 Å². The lowest BCUT2D eigenvalue weighted by Crippen LogP contribution is -2.42. The van der Waals surface area contributed by atoms with Crippen LogP contribution in [-0.2, 0) is 4.79 Å². The number of rotatable bonds is 5. The quantitative estimate of drug-likeness (QED) is 0.243. The summed E-state index contributed by atoms with van der Waals surface area (Å²) < 4.78 is 0. The minimum Gasteiger partial charge on any atom is -0.355 e. The molecule has 0 bridgehead atoms. The van der Waals surface area contributed by atoms with Crippen molar-refractivity contribution in [2.75, 3.05) is 12.3 Å². The Morgan fingerprint density at radius 1 is 1.73 bits per heavy atom. The molecule has 0 aromatic rings. The molecule has 4 heteroatoms. The van der Waals surface area contributed by atoms with Gasteiger partial charge in [-0.15, -0.1) is 0 Å². The zero-order valence-electron chi connectivity index (χ0n) is 6.84. The molecule has 0 saturated carbocycles. The van der Waals surface area contributed by atoms with Crippen LogP contribution in [0.1, 0.15) is 19.8 Å². The van der Waals surface area contributed by atoms with Crippen molar-refractivity contribution < 1.29 is 4.79 Å². The SMILES string of the molecule is CCCC[15NH][13C](=O)[C@@H](N)CS. The monoisotopic (exact) mass is 178 g/mol. The Kier molecular flexibility index (Phi) is 6.36. The minimum absolute atomic E-state index is 0.103. The van der Waals surface area contributed by atoms with Gasteiger partial charge in [0.05, 0.1) is 6.04 Å². The topological polar surface area (TPSA) is 55.1 Å². The average Bonchev–Trinajstić information content (AvgIpc) is 2.03. The lowest BCUT2D eigenvalue weighted by molar-refractivity contribution is -0.121. The molecule has 1 amide bonds. The normalized spacial score (nSPS) is 12.6. The number of hydrogen-bond donors (Lipinski definition) is 3. The van der Waals surface area contributed by atoms with Crippen molar-refractivity contribution in [3.05, 3.63) is 0 Å². The summed E-state index contributed by atoms with van der Waals surface area (Å²) in [6.07, 6.45) is 2.08. The van der Waals surface area contributed by atoms with Crippen LogP contribution in [0.25, 0.3) is 0 Å². The molecule has 0 fully saturated rings. The summed E-state index contributed by atoms with van der Waals surface area (Å²) in [5, 5.41) is 2.72. The van der Waals surface area contributed by atoms with Gasteiger partial charge in [-0.3, -0.25) is 4.79 Å². The number of unbranched alkanes of at least 4 members (excludes halogenated alkanes) is 1. The molecule has 0 aromatic carbocycles. The smallest absolute Gasteiger partial charge is 0.237 e. The fourth-order valence-electron chi connectivity index (χ4n) is 0.602. The molecular formula is C7H16N2OS. The number of carbonyl (C=O) groups is 1. The van der Waals surface area contributed by atoms with E-state index in [2.05, 4.69) is 24.9 Å². The van der Waals surface area contributed by atoms with Crippen LogP contribution in [0.4, 0.5) is 0 Å². The van der Waals surface area contributed by atoms with Crippen molar-refractivity contribution >= 4 is 18.5 Å². The Morgan fingerprint density at radius 2 is 2.36 bits per heavy atom. The third kappa shape index (κ3) is 5.09. The van der Waals surface area contributed by atoms with Gasteiger partial charge in [0.25, 0.3) is 0 Å². The number of carbonyl (C=O) groups excluding carboxylic acids is 1. The molecule has 0 spiro atoms. The summed E-state index contributed by atoms with van der Waals surface area (Å²) in [7, 11) is 0. The second-order valence-corrected chi connectivity index (χ2v) is 2.80. The summed E-state index contributed by atoms with van der Waals surface area (Å²) in [4.78, 5) is 11.0. The van der Waals surface area contributed by atoms with Gasteiger partial charge in [0.15, 0.2) is 0 Å². The molecule has 0 aromatic heterocycles. The van der Waals surface area contributed by atoms with Gasteiger partial charge in [0.1, 0.15) is 0 Å². The van der Waals surface area contributed by atoms with E-state index in [1.54, 1.807) is 0 Å². The maximum atomic E-state index is 11.0. The summed E-state index contributed by atoms with van der Waals surface area (Å²) >= 11 is 3.91. The Morgan fingerprint density at radius 3 is 2.82 bits per heavy atom. The molecule has 0 heterocycles. The number of amides is 1. The van der Waals surface area contributed by atoms with E-state index < -0.39 is 6.04 Å². The molecule has 3 N–H and O–H groups in total. The summed E-state index contributed by atoms with van der Waals surface area (Å²) in [6, 6.07) is -0.463. The Balaban J connectivity index is 3.36. The van der Waals surface area contributed by atoms with Crippen molar-refractivity contribution in [2.24, 2.45) is 5.73 Å². The third-order valence-corrected chi connectivity index (χ3v) is 1.76. The lowest BCUT2D eigenvalue weighted by atomic mass is 10.4. The van der Waals surface area contributed by atoms with Gasteiger partial charge < -0.3 is 11.1 Å². The van der Waals surface area contributed by atoms with Crippen molar-refractivity contribution in [1.82, 2.24) is 5.32 Å². The number of thiol groups is 1. The molecule has 3 nitrogen and oxygen atoms in total. The van der Waals surface area contributed by atoms with E-state index in [1.165, 1.54) is 0 Å². The van der Waals surface area contributed by atoms with Gasteiger partial charge in [0, 0.05) is 12.3 Å². The zero-order chi connectivity index (χ0) is 8.69. The highest BCUT2D eigenvalue weighted by Gasteiger charge is 2.08. The fraction of sp³-hybridized carbons (Fsp3) is 0.857. The largest absolute Gasteiger partial charge is 0.355 e. The zero-order valence-corrected chi connectivity index (χ0v) is 7.73. The number of nitrogens with two attached hydrogens (primary N) is 1. The molecule has 66 valence electrons. The summed E-state index contributed by atoms with van der Waals surface area (Å²) in [5.74, 6) is 0.297. The predicted molar refractivity (Wildman–Crippen MR) is 49.7 cm³/mol. The van der Waals surface area contributed by atoms with E-state index in [1.807, 2.05) is 0 Å². The highest BCUT2D eigenvalue weighted by Crippen LogP contribution is 1.86. The molecule has 0 aliphatic carbocycles. The van der Waals surface area contributed by atoms with Crippen LogP contribution < -0.4 is 11.1 Å². The first-order chi connectivity index (χ1) is 5.22. The van der Waals surface area contributed by atoms with E-state index in [4.69, 9.17) is 5.73 Å². The maximum absolute atomic E-state index is 11.0. The van der Waals surface area contributed by atoms with Gasteiger partial charge in [-0.2, -0.15) is 12.6 Å². The Hall–Kier alpha value is -0.220. The van der Waals surface area contributed by atoms with Crippen LogP contribution in [0.5, 0.6) is 0 Å². The van der Waals surface area contributed by atoms with Gasteiger partial charge in [-0.1, -0.05) is 13.3 Å². The predicted octanol–water partition coefficient (Wildman–Crippen LogP) is 0.160. The van der Waals surface area contributed by atoms with E-state index >= 15 is 0 Å². The second kappa shape index (κ2) is 6.49. The van der Waals surface area contributed by atoms with Crippen molar-refractivity contribution in [2.45, 2.75) is 25.8 Å². The summed E-state index contributed by atoms with van der Waals surface area (Å²) in [5.41, 5.74) is 5.41. The second-order valence-electron chi connectivity index (χ2n) is 2.43. The molecule has 0 unspecified atom stereocenters. The minimum atomic E-state index is -0.463. The highest BCUT2D eigenvalue weighted by molar-refractivity contribution is 7.80. The molecule has 0 rings (SSSR count). The van der Waals surface area contributed by atoms with E-state index in [-0.39, 0.29) is 5.91 Å². The van der Waals surface area contributed by atoms with E-state index in [0.717, 1.165) is 19.4 Å². The molecule has 0 saturated heterocycles. The Labute approximate surface area is 73.1 Å².